The van der Waals surface area contributed by atoms with Crippen LogP contribution in [0.5, 0.6) is 0 Å². The monoisotopic (exact) mass is 659 g/mol. The lowest BCUT2D eigenvalue weighted by atomic mass is 10.1. The van der Waals surface area contributed by atoms with E-state index in [1.165, 1.54) is 4.90 Å². The molecule has 0 radical (unpaired) electrons. The van der Waals surface area contributed by atoms with Crippen molar-refractivity contribution in [2.24, 2.45) is 0 Å². The van der Waals surface area contributed by atoms with Crippen molar-refractivity contribution in [1.82, 2.24) is 35.0 Å². The molecule has 1 aliphatic heterocycles. The van der Waals surface area contributed by atoms with Crippen molar-refractivity contribution >= 4 is 62.9 Å². The van der Waals surface area contributed by atoms with Crippen LogP contribution in [-0.2, 0) is 4.79 Å². The van der Waals surface area contributed by atoms with Crippen LogP contribution in [0, 0.1) is 0 Å². The minimum absolute atomic E-state index is 0.259. The van der Waals surface area contributed by atoms with Gasteiger partial charge in [-0.15, -0.1) is 0 Å². The number of hydrogen-bond acceptors (Lipinski definition) is 9. The summed E-state index contributed by atoms with van der Waals surface area (Å²) in [6.07, 6.45) is -1.16. The number of aromatic amines is 3. The molecule has 0 aliphatic carbocycles. The third-order valence-corrected chi connectivity index (χ3v) is 7.33. The number of imide groups is 1. The molecule has 7 rings (SSSR count). The van der Waals surface area contributed by atoms with Gasteiger partial charge in [-0.25, -0.2) is 14.6 Å². The lowest BCUT2D eigenvalue weighted by Crippen LogP contribution is -2.33. The molecular formula is C31H24F3N9O5. The Bertz CT molecular complexity index is 2190. The van der Waals surface area contributed by atoms with Gasteiger partial charge in [0.2, 0.25) is 5.95 Å². The number of fused-ring (bicyclic) bond motifs is 3. The van der Waals surface area contributed by atoms with Gasteiger partial charge in [0.25, 0.3) is 11.8 Å². The Morgan fingerprint density at radius 3 is 2.33 bits per heavy atom. The van der Waals surface area contributed by atoms with Crippen LogP contribution in [0.15, 0.2) is 83.9 Å². The van der Waals surface area contributed by atoms with E-state index in [1.807, 2.05) is 29.2 Å². The van der Waals surface area contributed by atoms with Gasteiger partial charge in [0.1, 0.15) is 5.82 Å². The molecule has 3 aromatic carbocycles. The van der Waals surface area contributed by atoms with Gasteiger partial charge in [-0.1, -0.05) is 18.2 Å². The number of hydrogen-bond donors (Lipinski definition) is 5. The summed E-state index contributed by atoms with van der Waals surface area (Å²) in [5.74, 6) is -2.32. The highest BCUT2D eigenvalue weighted by Crippen LogP contribution is 2.32. The molecule has 0 spiro atoms. The number of carboxylic acids is 1. The van der Waals surface area contributed by atoms with Gasteiger partial charge in [-0.05, 0) is 55.0 Å². The molecule has 244 valence electrons. The second-order valence-electron chi connectivity index (χ2n) is 10.4. The molecule has 48 heavy (non-hydrogen) atoms. The summed E-state index contributed by atoms with van der Waals surface area (Å²) in [5, 5.41) is 18.4. The van der Waals surface area contributed by atoms with Crippen molar-refractivity contribution in [2.75, 3.05) is 23.3 Å². The second-order valence-corrected chi connectivity index (χ2v) is 10.4. The first-order valence-electron chi connectivity index (χ1n) is 14.3. The van der Waals surface area contributed by atoms with Gasteiger partial charge in [-0.3, -0.25) is 19.6 Å². The Hall–Kier alpha value is -6.52. The standard InChI is InChI=1S/C29H23N9O3.C2HF3O2/c39-26-18-5-1-2-6-19(18)27(40)38(26)14-4-13-37(24-8-3-7-21-20(24)16-31-36-21)25-11-12-30-28(35-25)32-17-9-10-22-23(15-17)34-29(41)33-22;3-2(4,5)1(6)7/h1-3,5-12,15-16H,4,13-14H2,(H,31,36)(H,30,32,35)(H2,33,34,41);(H,6,7). The molecule has 0 saturated carbocycles. The first kappa shape index (κ1) is 31.5. The average Bonchev–Trinajstić information content (AvgIpc) is 3.75. The predicted octanol–water partition coefficient (Wildman–Crippen LogP) is 4.72. The highest BCUT2D eigenvalue weighted by Gasteiger charge is 2.38. The van der Waals surface area contributed by atoms with Gasteiger partial charge >= 0.3 is 17.8 Å². The van der Waals surface area contributed by atoms with E-state index in [0.29, 0.717) is 52.6 Å². The van der Waals surface area contributed by atoms with Crippen LogP contribution in [-0.4, -0.2) is 77.2 Å². The molecule has 0 bridgehead atoms. The van der Waals surface area contributed by atoms with Gasteiger partial charge in [0.15, 0.2) is 0 Å². The zero-order valence-electron chi connectivity index (χ0n) is 24.6. The number of H-pyrrole nitrogens is 3. The van der Waals surface area contributed by atoms with Crippen molar-refractivity contribution in [3.05, 3.63) is 101 Å². The first-order valence-corrected chi connectivity index (χ1v) is 14.3. The fraction of sp³-hybridized carbons (Fsp3) is 0.129. The van der Waals surface area contributed by atoms with E-state index >= 15 is 0 Å². The van der Waals surface area contributed by atoms with Crippen molar-refractivity contribution in [3.63, 3.8) is 0 Å². The maximum atomic E-state index is 12.9. The Labute approximate surface area is 267 Å². The number of carboxylic acid groups (broad SMARTS) is 1. The van der Waals surface area contributed by atoms with E-state index in [1.54, 1.807) is 54.9 Å². The van der Waals surface area contributed by atoms with E-state index in [2.05, 4.69) is 30.5 Å². The van der Waals surface area contributed by atoms with E-state index in [0.717, 1.165) is 16.6 Å². The number of benzene rings is 3. The Morgan fingerprint density at radius 1 is 0.917 bits per heavy atom. The van der Waals surface area contributed by atoms with Crippen LogP contribution in [0.1, 0.15) is 27.1 Å². The van der Waals surface area contributed by atoms with Crippen LogP contribution in [0.2, 0.25) is 0 Å². The van der Waals surface area contributed by atoms with Crippen LogP contribution in [0.4, 0.5) is 36.3 Å². The Morgan fingerprint density at radius 2 is 1.62 bits per heavy atom. The topological polar surface area (TPSA) is 193 Å². The predicted molar refractivity (Wildman–Crippen MR) is 167 cm³/mol. The van der Waals surface area contributed by atoms with Crippen LogP contribution < -0.4 is 15.9 Å². The quantitative estimate of drug-likeness (QED) is 0.143. The highest BCUT2D eigenvalue weighted by atomic mass is 19.4. The van der Waals surface area contributed by atoms with Gasteiger partial charge in [-0.2, -0.15) is 23.3 Å². The molecule has 0 saturated heterocycles. The summed E-state index contributed by atoms with van der Waals surface area (Å²) in [4.78, 5) is 64.3. The summed E-state index contributed by atoms with van der Waals surface area (Å²) >= 11 is 0. The average molecular weight is 660 g/mol. The molecule has 2 amide bonds. The van der Waals surface area contributed by atoms with Crippen molar-refractivity contribution in [2.45, 2.75) is 12.6 Å². The van der Waals surface area contributed by atoms with E-state index in [-0.39, 0.29) is 24.0 Å². The molecule has 1 aliphatic rings. The van der Waals surface area contributed by atoms with Gasteiger partial charge in [0.05, 0.1) is 39.6 Å². The van der Waals surface area contributed by atoms with Crippen molar-refractivity contribution in [1.29, 1.82) is 0 Å². The summed E-state index contributed by atoms with van der Waals surface area (Å²) in [5.41, 5.74) is 4.41. The third-order valence-electron chi connectivity index (χ3n) is 7.33. The zero-order chi connectivity index (χ0) is 34.0. The minimum atomic E-state index is -5.08. The van der Waals surface area contributed by atoms with Crippen LogP contribution >= 0.6 is 0 Å². The third kappa shape index (κ3) is 6.41. The van der Waals surface area contributed by atoms with E-state index in [9.17, 15) is 27.6 Å². The fourth-order valence-corrected chi connectivity index (χ4v) is 5.17. The number of aliphatic carboxylic acids is 1. The lowest BCUT2D eigenvalue weighted by molar-refractivity contribution is -0.192. The van der Waals surface area contributed by atoms with Crippen LogP contribution in [0.3, 0.4) is 0 Å². The molecule has 0 unspecified atom stereocenters. The second kappa shape index (κ2) is 12.7. The molecule has 5 N–H and O–H groups in total. The zero-order valence-corrected chi connectivity index (χ0v) is 24.6. The number of anilines is 4. The minimum Gasteiger partial charge on any atom is -0.475 e. The van der Waals surface area contributed by atoms with Gasteiger partial charge < -0.3 is 25.3 Å². The maximum Gasteiger partial charge on any atom is 0.490 e. The maximum absolute atomic E-state index is 12.9. The van der Waals surface area contributed by atoms with Crippen LogP contribution in [0.25, 0.3) is 21.9 Å². The number of nitrogens with zero attached hydrogens (tertiary/aromatic N) is 5. The number of alkyl halides is 3. The molecule has 0 atom stereocenters. The molecule has 14 nitrogen and oxygen atoms in total. The van der Waals surface area contributed by atoms with Gasteiger partial charge in [0, 0.05) is 30.4 Å². The van der Waals surface area contributed by atoms with Crippen molar-refractivity contribution < 1.29 is 32.7 Å². The van der Waals surface area contributed by atoms with E-state index < -0.39 is 12.1 Å². The largest absolute Gasteiger partial charge is 0.490 e. The highest BCUT2D eigenvalue weighted by molar-refractivity contribution is 6.21. The molecule has 17 heteroatoms. The number of halogens is 3. The number of aromatic nitrogens is 6. The number of imidazole rings is 1. The Balaban J connectivity index is 0.000000519. The smallest absolute Gasteiger partial charge is 0.475 e. The Kier molecular flexibility index (Phi) is 8.33. The number of rotatable bonds is 8. The lowest BCUT2D eigenvalue weighted by Gasteiger charge is -2.26. The first-order chi connectivity index (χ1) is 23.0. The molecule has 6 aromatic rings. The number of nitrogens with one attached hydrogen (secondary N) is 4. The van der Waals surface area contributed by atoms with Crippen molar-refractivity contribution in [3.8, 4) is 0 Å². The fourth-order valence-electron chi connectivity index (χ4n) is 5.17. The number of amides is 2. The number of carbonyl (C=O) groups excluding carboxylic acids is 2. The molecule has 0 fully saturated rings. The number of carbonyl (C=O) groups is 3. The summed E-state index contributed by atoms with van der Waals surface area (Å²) in [6, 6.07) is 20.0. The summed E-state index contributed by atoms with van der Waals surface area (Å²) in [6.45, 7) is 0.722. The summed E-state index contributed by atoms with van der Waals surface area (Å²) < 4.78 is 31.7. The molecule has 4 heterocycles. The van der Waals surface area contributed by atoms with E-state index in [4.69, 9.17) is 14.9 Å². The molecular weight excluding hydrogens is 635 g/mol. The summed E-state index contributed by atoms with van der Waals surface area (Å²) in [7, 11) is 0. The molecule has 3 aromatic heterocycles. The normalized spacial score (nSPS) is 12.6. The SMILES string of the molecule is O=C(O)C(F)(F)F.O=C1c2ccccc2C(=O)N1CCCN(c1ccnc(Nc2ccc3[nH]c(=O)[nH]c3c2)n1)c1cccc2[nH]ncc12.